The second-order valence-electron chi connectivity index (χ2n) is 6.22. The smallest absolute Gasteiger partial charge is 0.227 e. The number of hydrogen-bond donors (Lipinski definition) is 1. The van der Waals surface area contributed by atoms with Crippen molar-refractivity contribution in [2.45, 2.75) is 19.4 Å². The Morgan fingerprint density at radius 2 is 1.92 bits per heavy atom. The predicted molar refractivity (Wildman–Crippen MR) is 100.0 cm³/mol. The number of carbonyl (C=O) groups excluding carboxylic acids is 1. The average molecular weight is 359 g/mol. The summed E-state index contributed by atoms with van der Waals surface area (Å²) in [7, 11) is 0. The fourth-order valence-electron chi connectivity index (χ4n) is 2.87. The quantitative estimate of drug-likeness (QED) is 0.891. The molecule has 0 bridgehead atoms. The van der Waals surface area contributed by atoms with Crippen molar-refractivity contribution < 1.29 is 9.53 Å². The third kappa shape index (κ3) is 5.48. The first kappa shape index (κ1) is 17.8. The SMILES string of the molecule is O=C(Cc1cccc(OCc2ccc(Cl)cc2)c1)N1CCCNCC1. The Balaban J connectivity index is 1.57. The summed E-state index contributed by atoms with van der Waals surface area (Å²) in [5.41, 5.74) is 2.04. The highest BCUT2D eigenvalue weighted by atomic mass is 35.5. The molecule has 1 amide bonds. The lowest BCUT2D eigenvalue weighted by Crippen LogP contribution is -2.35. The molecule has 0 aliphatic carbocycles. The van der Waals surface area contributed by atoms with E-state index in [2.05, 4.69) is 5.32 Å². The van der Waals surface area contributed by atoms with Crippen LogP contribution >= 0.6 is 11.6 Å². The maximum absolute atomic E-state index is 12.5. The van der Waals surface area contributed by atoms with Gasteiger partial charge in [-0.05, 0) is 48.4 Å². The van der Waals surface area contributed by atoms with Crippen molar-refractivity contribution in [3.8, 4) is 5.75 Å². The molecule has 2 aromatic rings. The number of ether oxygens (including phenoxy) is 1. The zero-order valence-electron chi connectivity index (χ0n) is 14.2. The number of carbonyl (C=O) groups is 1. The minimum Gasteiger partial charge on any atom is -0.489 e. The fraction of sp³-hybridized carbons (Fsp3) is 0.350. The van der Waals surface area contributed by atoms with Crippen LogP contribution < -0.4 is 10.1 Å². The van der Waals surface area contributed by atoms with Gasteiger partial charge in [-0.25, -0.2) is 0 Å². The van der Waals surface area contributed by atoms with Crippen LogP contribution in [0.4, 0.5) is 0 Å². The van der Waals surface area contributed by atoms with Crippen LogP contribution in [-0.4, -0.2) is 37.0 Å². The maximum Gasteiger partial charge on any atom is 0.227 e. The first-order valence-corrected chi connectivity index (χ1v) is 9.03. The van der Waals surface area contributed by atoms with E-state index in [0.29, 0.717) is 18.1 Å². The Hall–Kier alpha value is -2.04. The number of nitrogens with zero attached hydrogens (tertiary/aromatic N) is 1. The zero-order chi connectivity index (χ0) is 17.5. The van der Waals surface area contributed by atoms with Gasteiger partial charge < -0.3 is 15.0 Å². The molecule has 0 aromatic heterocycles. The number of hydrogen-bond acceptors (Lipinski definition) is 3. The monoisotopic (exact) mass is 358 g/mol. The van der Waals surface area contributed by atoms with Crippen molar-refractivity contribution in [3.63, 3.8) is 0 Å². The van der Waals surface area contributed by atoms with E-state index in [1.54, 1.807) is 0 Å². The summed E-state index contributed by atoms with van der Waals surface area (Å²) in [5.74, 6) is 0.955. The lowest BCUT2D eigenvalue weighted by molar-refractivity contribution is -0.130. The third-order valence-electron chi connectivity index (χ3n) is 4.27. The summed E-state index contributed by atoms with van der Waals surface area (Å²) < 4.78 is 5.84. The molecule has 3 rings (SSSR count). The average Bonchev–Trinajstić information content (AvgIpc) is 2.91. The molecular weight excluding hydrogens is 336 g/mol. The molecule has 5 heteroatoms. The van der Waals surface area contributed by atoms with E-state index in [1.807, 2.05) is 53.4 Å². The number of benzene rings is 2. The minimum absolute atomic E-state index is 0.179. The standard InChI is InChI=1S/C20H23ClN2O2/c21-18-7-5-16(6-8-18)15-25-19-4-1-3-17(13-19)14-20(24)23-11-2-9-22-10-12-23/h1,3-8,13,22H,2,9-12,14-15H2. The second-order valence-corrected chi connectivity index (χ2v) is 6.66. The normalized spacial score (nSPS) is 14.8. The molecule has 25 heavy (non-hydrogen) atoms. The molecule has 1 aliphatic rings. The van der Waals surface area contributed by atoms with Crippen molar-refractivity contribution in [3.05, 3.63) is 64.7 Å². The first-order valence-electron chi connectivity index (χ1n) is 8.65. The van der Waals surface area contributed by atoms with Crippen LogP contribution in [0.3, 0.4) is 0 Å². The Morgan fingerprint density at radius 1 is 1.08 bits per heavy atom. The molecule has 1 fully saturated rings. The summed E-state index contributed by atoms with van der Waals surface area (Å²) in [6.07, 6.45) is 1.42. The molecule has 132 valence electrons. The molecule has 1 N–H and O–H groups in total. The van der Waals surface area contributed by atoms with Gasteiger partial charge in [-0.3, -0.25) is 4.79 Å². The lowest BCUT2D eigenvalue weighted by Gasteiger charge is -2.20. The van der Waals surface area contributed by atoms with Gasteiger partial charge in [0.25, 0.3) is 0 Å². The van der Waals surface area contributed by atoms with Gasteiger partial charge in [0.2, 0.25) is 5.91 Å². The van der Waals surface area contributed by atoms with E-state index in [4.69, 9.17) is 16.3 Å². The number of nitrogens with one attached hydrogen (secondary N) is 1. The molecule has 0 saturated carbocycles. The van der Waals surface area contributed by atoms with E-state index in [9.17, 15) is 4.79 Å². The Morgan fingerprint density at radius 3 is 2.76 bits per heavy atom. The van der Waals surface area contributed by atoms with Crippen molar-refractivity contribution in [1.29, 1.82) is 0 Å². The molecule has 2 aromatic carbocycles. The third-order valence-corrected chi connectivity index (χ3v) is 4.52. The topological polar surface area (TPSA) is 41.6 Å². The second kappa shape index (κ2) is 8.88. The van der Waals surface area contributed by atoms with Gasteiger partial charge in [-0.15, -0.1) is 0 Å². The van der Waals surface area contributed by atoms with Crippen molar-refractivity contribution in [2.75, 3.05) is 26.2 Å². The number of halogens is 1. The van der Waals surface area contributed by atoms with Crippen LogP contribution in [-0.2, 0) is 17.8 Å². The summed E-state index contributed by atoms with van der Waals surface area (Å²) in [4.78, 5) is 14.4. The van der Waals surface area contributed by atoms with E-state index in [-0.39, 0.29) is 5.91 Å². The van der Waals surface area contributed by atoms with Crippen LogP contribution in [0.5, 0.6) is 5.75 Å². The van der Waals surface area contributed by atoms with Crippen molar-refractivity contribution in [1.82, 2.24) is 10.2 Å². The number of rotatable bonds is 5. The molecule has 0 atom stereocenters. The summed E-state index contributed by atoms with van der Waals surface area (Å²) in [6.45, 7) is 3.95. The van der Waals surface area contributed by atoms with E-state index < -0.39 is 0 Å². The van der Waals surface area contributed by atoms with Gasteiger partial charge in [-0.1, -0.05) is 35.9 Å². The van der Waals surface area contributed by atoms with Crippen LogP contribution in [0.2, 0.25) is 5.02 Å². The summed E-state index contributed by atoms with van der Waals surface area (Å²) in [6, 6.07) is 15.4. The van der Waals surface area contributed by atoms with Gasteiger partial charge in [0.1, 0.15) is 12.4 Å². The van der Waals surface area contributed by atoms with Gasteiger partial charge in [-0.2, -0.15) is 0 Å². The van der Waals surface area contributed by atoms with Gasteiger partial charge in [0.15, 0.2) is 0 Å². The molecule has 1 saturated heterocycles. The largest absolute Gasteiger partial charge is 0.489 e. The fourth-order valence-corrected chi connectivity index (χ4v) is 3.00. The zero-order valence-corrected chi connectivity index (χ0v) is 15.0. The summed E-state index contributed by atoms with van der Waals surface area (Å²) >= 11 is 5.89. The van der Waals surface area contributed by atoms with E-state index in [1.165, 1.54) is 0 Å². The predicted octanol–water partition coefficient (Wildman–Crippen LogP) is 3.28. The van der Waals surface area contributed by atoms with E-state index >= 15 is 0 Å². The maximum atomic E-state index is 12.5. The molecule has 4 nitrogen and oxygen atoms in total. The highest BCUT2D eigenvalue weighted by Gasteiger charge is 2.15. The van der Waals surface area contributed by atoms with Gasteiger partial charge in [0.05, 0.1) is 6.42 Å². The Labute approximate surface area is 153 Å². The molecule has 0 unspecified atom stereocenters. The highest BCUT2D eigenvalue weighted by Crippen LogP contribution is 2.17. The summed E-state index contributed by atoms with van der Waals surface area (Å²) in [5, 5.41) is 4.03. The first-order chi connectivity index (χ1) is 12.2. The highest BCUT2D eigenvalue weighted by molar-refractivity contribution is 6.30. The molecular formula is C20H23ClN2O2. The van der Waals surface area contributed by atoms with Gasteiger partial charge in [0, 0.05) is 24.7 Å². The van der Waals surface area contributed by atoms with E-state index in [0.717, 1.165) is 49.5 Å². The van der Waals surface area contributed by atoms with Crippen LogP contribution in [0.25, 0.3) is 0 Å². The molecule has 1 aliphatic heterocycles. The lowest BCUT2D eigenvalue weighted by atomic mass is 10.1. The molecule has 0 spiro atoms. The minimum atomic E-state index is 0.179. The van der Waals surface area contributed by atoms with Crippen LogP contribution in [0, 0.1) is 0 Å². The molecule has 1 heterocycles. The van der Waals surface area contributed by atoms with Crippen LogP contribution in [0.1, 0.15) is 17.5 Å². The molecule has 0 radical (unpaired) electrons. The van der Waals surface area contributed by atoms with Crippen molar-refractivity contribution in [2.24, 2.45) is 0 Å². The van der Waals surface area contributed by atoms with Crippen LogP contribution in [0.15, 0.2) is 48.5 Å². The number of amides is 1. The Bertz CT molecular complexity index is 695. The Kier molecular flexibility index (Phi) is 6.31. The van der Waals surface area contributed by atoms with Crippen molar-refractivity contribution >= 4 is 17.5 Å². The van der Waals surface area contributed by atoms with Gasteiger partial charge >= 0.3 is 0 Å².